The van der Waals surface area contributed by atoms with E-state index in [2.05, 4.69) is 31.0 Å². The minimum atomic E-state index is 0.748. The predicted octanol–water partition coefficient (Wildman–Crippen LogP) is 3.81. The molecule has 1 fully saturated rings. The Morgan fingerprint density at radius 2 is 1.56 bits per heavy atom. The fourth-order valence-corrected chi connectivity index (χ4v) is 3.21. The zero-order valence-corrected chi connectivity index (χ0v) is 12.9. The maximum absolute atomic E-state index is 3.73. The molecule has 108 valence electrons. The van der Waals surface area contributed by atoms with Crippen molar-refractivity contribution in [2.24, 2.45) is 0 Å². The highest BCUT2D eigenvalue weighted by atomic mass is 15.2. The van der Waals surface area contributed by atoms with Crippen molar-refractivity contribution in [1.29, 1.82) is 0 Å². The van der Waals surface area contributed by atoms with E-state index in [-0.39, 0.29) is 0 Å². The summed E-state index contributed by atoms with van der Waals surface area (Å²) in [6.45, 7) is 10.6. The topological polar surface area (TPSA) is 15.3 Å². The first kappa shape index (κ1) is 16.0. The number of unbranched alkanes of at least 4 members (excludes halogenated alkanes) is 2. The number of likely N-dealkylation sites (N-methyl/N-ethyl adjacent to an activating group) is 1. The molecule has 0 spiro atoms. The van der Waals surface area contributed by atoms with Gasteiger partial charge in [0.05, 0.1) is 0 Å². The van der Waals surface area contributed by atoms with E-state index < -0.39 is 0 Å². The molecule has 1 aliphatic carbocycles. The van der Waals surface area contributed by atoms with Crippen LogP contribution in [0.1, 0.15) is 72.1 Å². The van der Waals surface area contributed by atoms with Gasteiger partial charge in [0.15, 0.2) is 0 Å². The van der Waals surface area contributed by atoms with Gasteiger partial charge >= 0.3 is 0 Å². The molecule has 0 aromatic heterocycles. The van der Waals surface area contributed by atoms with Gasteiger partial charge in [-0.05, 0) is 45.3 Å². The average Bonchev–Trinajstić information content (AvgIpc) is 2.40. The van der Waals surface area contributed by atoms with Crippen LogP contribution in [0.5, 0.6) is 0 Å². The molecule has 0 aliphatic heterocycles. The molecule has 0 saturated heterocycles. The van der Waals surface area contributed by atoms with Gasteiger partial charge in [0.1, 0.15) is 0 Å². The minimum Gasteiger partial charge on any atom is -0.313 e. The van der Waals surface area contributed by atoms with E-state index in [0.29, 0.717) is 0 Å². The van der Waals surface area contributed by atoms with E-state index >= 15 is 0 Å². The number of hydrogen-bond acceptors (Lipinski definition) is 2. The second kappa shape index (κ2) is 9.80. The van der Waals surface area contributed by atoms with Crippen LogP contribution in [-0.4, -0.2) is 36.6 Å². The fourth-order valence-electron chi connectivity index (χ4n) is 3.21. The lowest BCUT2D eigenvalue weighted by atomic mass is 9.88. The highest BCUT2D eigenvalue weighted by Gasteiger charge is 2.28. The van der Waals surface area contributed by atoms with Crippen LogP contribution in [0.3, 0.4) is 0 Å². The van der Waals surface area contributed by atoms with Gasteiger partial charge in [-0.15, -0.1) is 0 Å². The van der Waals surface area contributed by atoms with Gasteiger partial charge in [-0.3, -0.25) is 4.90 Å². The van der Waals surface area contributed by atoms with E-state index in [1.165, 1.54) is 64.5 Å². The monoisotopic (exact) mass is 254 g/mol. The standard InChI is InChI=1S/C16H34N2/c1-4-7-13-18(14-8-5-2)16-12-10-9-11-15(16)17-6-3/h15-17H,4-14H2,1-3H3. The highest BCUT2D eigenvalue weighted by Crippen LogP contribution is 2.24. The Kier molecular flexibility index (Phi) is 8.70. The van der Waals surface area contributed by atoms with Crippen LogP contribution in [0.4, 0.5) is 0 Å². The van der Waals surface area contributed by atoms with Crippen molar-refractivity contribution in [3.05, 3.63) is 0 Å². The maximum atomic E-state index is 3.73. The SMILES string of the molecule is CCCCN(CCCC)C1CCCCC1NCC. The predicted molar refractivity (Wildman–Crippen MR) is 81.1 cm³/mol. The number of nitrogens with zero attached hydrogens (tertiary/aromatic N) is 1. The third-order valence-corrected chi connectivity index (χ3v) is 4.26. The molecule has 18 heavy (non-hydrogen) atoms. The van der Waals surface area contributed by atoms with Crippen molar-refractivity contribution in [3.63, 3.8) is 0 Å². The van der Waals surface area contributed by atoms with Gasteiger partial charge in [0.2, 0.25) is 0 Å². The lowest BCUT2D eigenvalue weighted by molar-refractivity contribution is 0.119. The Morgan fingerprint density at radius 3 is 2.11 bits per heavy atom. The molecule has 0 amide bonds. The van der Waals surface area contributed by atoms with Crippen molar-refractivity contribution >= 4 is 0 Å². The Balaban J connectivity index is 2.54. The first-order valence-electron chi connectivity index (χ1n) is 8.30. The van der Waals surface area contributed by atoms with Gasteiger partial charge in [0, 0.05) is 12.1 Å². The minimum absolute atomic E-state index is 0.748. The first-order chi connectivity index (χ1) is 8.83. The van der Waals surface area contributed by atoms with Gasteiger partial charge < -0.3 is 5.32 Å². The van der Waals surface area contributed by atoms with Gasteiger partial charge in [0.25, 0.3) is 0 Å². The molecule has 0 aromatic carbocycles. The molecule has 0 bridgehead atoms. The van der Waals surface area contributed by atoms with E-state index in [4.69, 9.17) is 0 Å². The second-order valence-corrected chi connectivity index (χ2v) is 5.76. The van der Waals surface area contributed by atoms with E-state index in [9.17, 15) is 0 Å². The third-order valence-electron chi connectivity index (χ3n) is 4.26. The average molecular weight is 254 g/mol. The van der Waals surface area contributed by atoms with Crippen molar-refractivity contribution in [1.82, 2.24) is 10.2 Å². The molecular formula is C16H34N2. The summed E-state index contributed by atoms with van der Waals surface area (Å²) >= 11 is 0. The van der Waals surface area contributed by atoms with E-state index in [1.54, 1.807) is 0 Å². The lowest BCUT2D eigenvalue weighted by Gasteiger charge is -2.40. The van der Waals surface area contributed by atoms with Crippen LogP contribution >= 0.6 is 0 Å². The van der Waals surface area contributed by atoms with Crippen molar-refractivity contribution in [2.45, 2.75) is 84.2 Å². The Labute approximate surface area is 115 Å². The molecule has 2 atom stereocenters. The van der Waals surface area contributed by atoms with Gasteiger partial charge in [-0.25, -0.2) is 0 Å². The maximum Gasteiger partial charge on any atom is 0.0249 e. The van der Waals surface area contributed by atoms with Crippen LogP contribution in [0.15, 0.2) is 0 Å². The summed E-state index contributed by atoms with van der Waals surface area (Å²) in [6.07, 6.45) is 11.0. The largest absolute Gasteiger partial charge is 0.313 e. The van der Waals surface area contributed by atoms with E-state index in [0.717, 1.165) is 18.6 Å². The summed E-state index contributed by atoms with van der Waals surface area (Å²) in [6, 6.07) is 1.55. The van der Waals surface area contributed by atoms with Crippen LogP contribution in [0, 0.1) is 0 Å². The van der Waals surface area contributed by atoms with Crippen LogP contribution in [-0.2, 0) is 0 Å². The third kappa shape index (κ3) is 5.27. The summed E-state index contributed by atoms with van der Waals surface area (Å²) in [5.41, 5.74) is 0. The quantitative estimate of drug-likeness (QED) is 0.673. The molecule has 0 aromatic rings. The summed E-state index contributed by atoms with van der Waals surface area (Å²) < 4.78 is 0. The van der Waals surface area contributed by atoms with Crippen LogP contribution in [0.2, 0.25) is 0 Å². The highest BCUT2D eigenvalue weighted by molar-refractivity contribution is 4.88. The van der Waals surface area contributed by atoms with E-state index in [1.807, 2.05) is 0 Å². The smallest absolute Gasteiger partial charge is 0.0249 e. The van der Waals surface area contributed by atoms with Crippen molar-refractivity contribution in [3.8, 4) is 0 Å². The summed E-state index contributed by atoms with van der Waals surface area (Å²) in [5, 5.41) is 3.73. The van der Waals surface area contributed by atoms with Gasteiger partial charge in [-0.2, -0.15) is 0 Å². The number of hydrogen-bond donors (Lipinski definition) is 1. The molecule has 0 radical (unpaired) electrons. The number of nitrogens with one attached hydrogen (secondary N) is 1. The molecule has 1 rings (SSSR count). The molecular weight excluding hydrogens is 220 g/mol. The molecule has 1 N–H and O–H groups in total. The zero-order chi connectivity index (χ0) is 13.2. The molecule has 1 aliphatic rings. The molecule has 2 unspecified atom stereocenters. The summed E-state index contributed by atoms with van der Waals surface area (Å²) in [7, 11) is 0. The van der Waals surface area contributed by atoms with Crippen LogP contribution < -0.4 is 5.32 Å². The van der Waals surface area contributed by atoms with Gasteiger partial charge in [-0.1, -0.05) is 46.5 Å². The normalized spacial score (nSPS) is 24.7. The molecule has 2 heteroatoms. The van der Waals surface area contributed by atoms with Crippen molar-refractivity contribution in [2.75, 3.05) is 19.6 Å². The molecule has 2 nitrogen and oxygen atoms in total. The van der Waals surface area contributed by atoms with Crippen LogP contribution in [0.25, 0.3) is 0 Å². The fraction of sp³-hybridized carbons (Fsp3) is 1.00. The Bertz CT molecular complexity index is 184. The first-order valence-corrected chi connectivity index (χ1v) is 8.30. The lowest BCUT2D eigenvalue weighted by Crippen LogP contribution is -2.52. The summed E-state index contributed by atoms with van der Waals surface area (Å²) in [4.78, 5) is 2.79. The second-order valence-electron chi connectivity index (χ2n) is 5.76. The Hall–Kier alpha value is -0.0800. The summed E-state index contributed by atoms with van der Waals surface area (Å²) in [5.74, 6) is 0. The Morgan fingerprint density at radius 1 is 0.944 bits per heavy atom. The van der Waals surface area contributed by atoms with Crippen molar-refractivity contribution < 1.29 is 0 Å². The molecule has 1 saturated carbocycles. The molecule has 0 heterocycles. The number of rotatable bonds is 9. The zero-order valence-electron chi connectivity index (χ0n) is 12.9.